The minimum Gasteiger partial charge on any atom is -0.317 e. The molecule has 1 saturated heterocycles. The van der Waals surface area contributed by atoms with Crippen LogP contribution in [0.15, 0.2) is 24.3 Å². The van der Waals surface area contributed by atoms with E-state index in [0.717, 1.165) is 44.7 Å². The van der Waals surface area contributed by atoms with E-state index in [4.69, 9.17) is 0 Å². The van der Waals surface area contributed by atoms with E-state index in [9.17, 15) is 4.39 Å². The lowest BCUT2D eigenvalue weighted by Crippen LogP contribution is -2.35. The first-order valence-electron chi connectivity index (χ1n) is 6.52. The second-order valence-corrected chi connectivity index (χ2v) is 4.68. The summed E-state index contributed by atoms with van der Waals surface area (Å²) in [6.45, 7) is 5.60. The van der Waals surface area contributed by atoms with Gasteiger partial charge in [0.25, 0.3) is 0 Å². The van der Waals surface area contributed by atoms with Crippen LogP contribution >= 0.6 is 0 Å². The van der Waals surface area contributed by atoms with Gasteiger partial charge in [-0.1, -0.05) is 12.1 Å². The molecule has 1 aromatic carbocycles. The van der Waals surface area contributed by atoms with Gasteiger partial charge in [0.05, 0.1) is 0 Å². The Morgan fingerprint density at radius 3 is 2.65 bits per heavy atom. The van der Waals surface area contributed by atoms with Gasteiger partial charge in [0.2, 0.25) is 0 Å². The third kappa shape index (κ3) is 4.44. The van der Waals surface area contributed by atoms with E-state index in [-0.39, 0.29) is 5.82 Å². The first-order valence-corrected chi connectivity index (χ1v) is 6.52. The van der Waals surface area contributed by atoms with Gasteiger partial charge in [0, 0.05) is 6.54 Å². The van der Waals surface area contributed by atoms with Gasteiger partial charge in [0.15, 0.2) is 0 Å². The van der Waals surface area contributed by atoms with E-state index < -0.39 is 0 Å². The van der Waals surface area contributed by atoms with E-state index in [0.29, 0.717) is 0 Å². The molecule has 3 heteroatoms. The normalized spacial score (nSPS) is 18.6. The van der Waals surface area contributed by atoms with Gasteiger partial charge in [-0.3, -0.25) is 0 Å². The number of halogens is 1. The molecule has 0 spiro atoms. The van der Waals surface area contributed by atoms with Crippen LogP contribution in [-0.2, 0) is 6.42 Å². The molecule has 0 radical (unpaired) electrons. The van der Waals surface area contributed by atoms with Gasteiger partial charge in [-0.2, -0.15) is 0 Å². The molecule has 0 bridgehead atoms. The highest BCUT2D eigenvalue weighted by Gasteiger charge is 2.07. The predicted octanol–water partition coefficient (Wildman–Crippen LogP) is 2.05. The smallest absolute Gasteiger partial charge is 0.123 e. The lowest BCUT2D eigenvalue weighted by Gasteiger charge is -2.24. The molecule has 0 saturated carbocycles. The third-order valence-electron chi connectivity index (χ3n) is 3.26. The monoisotopic (exact) mass is 236 g/mol. The number of benzene rings is 1. The van der Waals surface area contributed by atoms with Crippen molar-refractivity contribution in [1.82, 2.24) is 10.2 Å². The predicted molar refractivity (Wildman–Crippen MR) is 68.6 cm³/mol. The Morgan fingerprint density at radius 2 is 1.94 bits per heavy atom. The molecule has 17 heavy (non-hydrogen) atoms. The average molecular weight is 236 g/mol. The van der Waals surface area contributed by atoms with Crippen LogP contribution in [0.4, 0.5) is 4.39 Å². The molecular formula is C14H21FN2. The molecule has 2 nitrogen and oxygen atoms in total. The molecule has 1 fully saturated rings. The van der Waals surface area contributed by atoms with Gasteiger partial charge < -0.3 is 10.2 Å². The van der Waals surface area contributed by atoms with Crippen LogP contribution in [0.5, 0.6) is 0 Å². The second-order valence-electron chi connectivity index (χ2n) is 4.68. The zero-order valence-electron chi connectivity index (χ0n) is 10.3. The molecule has 94 valence electrons. The molecule has 0 aliphatic carbocycles. The maximum absolute atomic E-state index is 13.0. The number of hydrogen-bond acceptors (Lipinski definition) is 2. The van der Waals surface area contributed by atoms with Crippen molar-refractivity contribution in [1.29, 1.82) is 0 Å². The third-order valence-corrected chi connectivity index (χ3v) is 3.26. The molecule has 2 rings (SSSR count). The summed E-state index contributed by atoms with van der Waals surface area (Å²) in [5.41, 5.74) is 1.10. The Bertz CT molecular complexity index is 333. The fourth-order valence-electron chi connectivity index (χ4n) is 2.30. The molecule has 0 amide bonds. The van der Waals surface area contributed by atoms with E-state index in [1.807, 2.05) is 6.07 Å². The fraction of sp³-hybridized carbons (Fsp3) is 0.571. The van der Waals surface area contributed by atoms with Gasteiger partial charge in [-0.25, -0.2) is 4.39 Å². The highest BCUT2D eigenvalue weighted by Crippen LogP contribution is 2.06. The fourth-order valence-corrected chi connectivity index (χ4v) is 2.30. The van der Waals surface area contributed by atoms with Gasteiger partial charge in [-0.15, -0.1) is 0 Å². The van der Waals surface area contributed by atoms with Crippen LogP contribution in [0.3, 0.4) is 0 Å². The van der Waals surface area contributed by atoms with E-state index >= 15 is 0 Å². The van der Waals surface area contributed by atoms with E-state index in [1.54, 1.807) is 12.1 Å². The molecule has 1 aliphatic heterocycles. The molecular weight excluding hydrogens is 215 g/mol. The van der Waals surface area contributed by atoms with Crippen molar-refractivity contribution in [2.24, 2.45) is 0 Å². The lowest BCUT2D eigenvalue weighted by molar-refractivity contribution is 0.255. The Labute approximate surface area is 103 Å². The Kier molecular flexibility index (Phi) is 4.95. The minimum absolute atomic E-state index is 0.126. The SMILES string of the molecule is Fc1cccc(CCN2CCCNCCC2)c1. The van der Waals surface area contributed by atoms with Crippen molar-refractivity contribution in [3.8, 4) is 0 Å². The van der Waals surface area contributed by atoms with Gasteiger partial charge in [-0.05, 0) is 63.1 Å². The van der Waals surface area contributed by atoms with Crippen molar-refractivity contribution < 1.29 is 4.39 Å². The van der Waals surface area contributed by atoms with Crippen LogP contribution in [0.1, 0.15) is 18.4 Å². The summed E-state index contributed by atoms with van der Waals surface area (Å²) in [6.07, 6.45) is 3.37. The number of nitrogens with zero attached hydrogens (tertiary/aromatic N) is 1. The van der Waals surface area contributed by atoms with Crippen molar-refractivity contribution in [2.75, 3.05) is 32.7 Å². The molecule has 0 aromatic heterocycles. The summed E-state index contributed by atoms with van der Waals surface area (Å²) in [4.78, 5) is 2.49. The molecule has 1 aliphatic rings. The molecule has 1 heterocycles. The summed E-state index contributed by atoms with van der Waals surface area (Å²) >= 11 is 0. The Balaban J connectivity index is 1.79. The van der Waals surface area contributed by atoms with E-state index in [1.165, 1.54) is 18.9 Å². The topological polar surface area (TPSA) is 15.3 Å². The van der Waals surface area contributed by atoms with Crippen LogP contribution in [-0.4, -0.2) is 37.6 Å². The number of hydrogen-bond donors (Lipinski definition) is 1. The maximum Gasteiger partial charge on any atom is 0.123 e. The first-order chi connectivity index (χ1) is 8.34. The van der Waals surface area contributed by atoms with Crippen LogP contribution in [0.2, 0.25) is 0 Å². The van der Waals surface area contributed by atoms with Gasteiger partial charge in [0.1, 0.15) is 5.82 Å². The Hall–Kier alpha value is -0.930. The standard InChI is InChI=1S/C14H21FN2/c15-14-5-1-4-13(12-14)6-11-17-9-2-7-16-8-3-10-17/h1,4-5,12,16H,2-3,6-11H2. The van der Waals surface area contributed by atoms with Crippen molar-refractivity contribution in [3.05, 3.63) is 35.6 Å². The lowest BCUT2D eigenvalue weighted by atomic mass is 10.1. The zero-order valence-corrected chi connectivity index (χ0v) is 10.3. The molecule has 0 unspecified atom stereocenters. The first kappa shape index (κ1) is 12.5. The molecule has 1 aromatic rings. The summed E-state index contributed by atoms with van der Waals surface area (Å²) in [7, 11) is 0. The Morgan fingerprint density at radius 1 is 1.18 bits per heavy atom. The summed E-state index contributed by atoms with van der Waals surface area (Å²) in [6, 6.07) is 6.95. The van der Waals surface area contributed by atoms with Crippen molar-refractivity contribution in [2.45, 2.75) is 19.3 Å². The quantitative estimate of drug-likeness (QED) is 0.864. The molecule has 0 atom stereocenters. The highest BCUT2D eigenvalue weighted by molar-refractivity contribution is 5.16. The summed E-state index contributed by atoms with van der Waals surface area (Å²) in [5.74, 6) is -0.126. The van der Waals surface area contributed by atoms with Crippen molar-refractivity contribution in [3.63, 3.8) is 0 Å². The van der Waals surface area contributed by atoms with Crippen LogP contribution < -0.4 is 5.32 Å². The molecule has 1 N–H and O–H groups in total. The number of nitrogens with one attached hydrogen (secondary N) is 1. The largest absolute Gasteiger partial charge is 0.317 e. The van der Waals surface area contributed by atoms with Crippen LogP contribution in [0.25, 0.3) is 0 Å². The average Bonchev–Trinajstić information content (AvgIpc) is 2.27. The second kappa shape index (κ2) is 6.72. The summed E-state index contributed by atoms with van der Waals surface area (Å²) in [5, 5.41) is 3.41. The summed E-state index contributed by atoms with van der Waals surface area (Å²) < 4.78 is 13.0. The maximum atomic E-state index is 13.0. The zero-order chi connectivity index (χ0) is 11.9. The minimum atomic E-state index is -0.126. The van der Waals surface area contributed by atoms with E-state index in [2.05, 4.69) is 10.2 Å². The van der Waals surface area contributed by atoms with Crippen LogP contribution in [0, 0.1) is 5.82 Å². The number of rotatable bonds is 3. The highest BCUT2D eigenvalue weighted by atomic mass is 19.1. The van der Waals surface area contributed by atoms with Crippen molar-refractivity contribution >= 4 is 0 Å². The van der Waals surface area contributed by atoms with Gasteiger partial charge >= 0.3 is 0 Å².